The van der Waals surface area contributed by atoms with Crippen LogP contribution in [0.2, 0.25) is 0 Å². The van der Waals surface area contributed by atoms with E-state index in [0.29, 0.717) is 23.1 Å². The summed E-state index contributed by atoms with van der Waals surface area (Å²) in [6.07, 6.45) is 1.40. The Morgan fingerprint density at radius 2 is 1.71 bits per heavy atom. The van der Waals surface area contributed by atoms with E-state index in [1.807, 2.05) is 29.1 Å². The molecule has 3 aromatic heterocycles. The average Bonchev–Trinajstić information content (AvgIpc) is 3.30. The quantitative estimate of drug-likeness (QED) is 0.500. The van der Waals surface area contributed by atoms with Crippen molar-refractivity contribution in [1.29, 1.82) is 0 Å². The number of hydrogen-bond donors (Lipinski definition) is 1. The highest BCUT2D eigenvalue weighted by Crippen LogP contribution is 2.27. The molecule has 0 unspecified atom stereocenters. The maximum atomic E-state index is 12.6. The van der Waals surface area contributed by atoms with Crippen LogP contribution in [0.1, 0.15) is 16.1 Å². The van der Waals surface area contributed by atoms with Crippen LogP contribution in [0.25, 0.3) is 5.82 Å². The molecule has 7 nitrogen and oxygen atoms in total. The number of ether oxygens (including phenoxy) is 1. The Balaban J connectivity index is 1.40. The summed E-state index contributed by atoms with van der Waals surface area (Å²) in [5.74, 6) is 0.878. The normalized spacial score (nSPS) is 11.2. The first-order valence-corrected chi connectivity index (χ1v) is 8.96. The summed E-state index contributed by atoms with van der Waals surface area (Å²) in [6.45, 7) is 0. The standard InChI is InChI=1S/C21H14F3N5O2/c22-21(23,24)17-8-3-14(12-25-17)20(30)28-15-4-6-16(7-5-15)31-19-11-18(26-13-27-19)29-9-1-2-10-29/h1-13H,(H,28,30). The number of pyridine rings is 1. The molecule has 0 saturated heterocycles. The maximum absolute atomic E-state index is 12.6. The highest BCUT2D eigenvalue weighted by atomic mass is 19.4. The number of nitrogens with one attached hydrogen (secondary N) is 1. The zero-order valence-electron chi connectivity index (χ0n) is 15.7. The predicted octanol–water partition coefficient (Wildman–Crippen LogP) is 4.73. The minimum absolute atomic E-state index is 0.00635. The van der Waals surface area contributed by atoms with Crippen molar-refractivity contribution in [2.45, 2.75) is 6.18 Å². The number of carbonyl (C=O) groups is 1. The lowest BCUT2D eigenvalue weighted by atomic mass is 10.2. The average molecular weight is 425 g/mol. The fourth-order valence-corrected chi connectivity index (χ4v) is 2.64. The van der Waals surface area contributed by atoms with Gasteiger partial charge in [0.05, 0.1) is 5.56 Å². The molecule has 1 aromatic carbocycles. The molecule has 0 atom stereocenters. The Labute approximate surface area is 174 Å². The smallest absolute Gasteiger partial charge is 0.433 e. The molecule has 31 heavy (non-hydrogen) atoms. The van der Waals surface area contributed by atoms with Gasteiger partial charge < -0.3 is 14.6 Å². The van der Waals surface area contributed by atoms with Crippen molar-refractivity contribution < 1.29 is 22.7 Å². The summed E-state index contributed by atoms with van der Waals surface area (Å²) in [5, 5.41) is 2.59. The van der Waals surface area contributed by atoms with E-state index >= 15 is 0 Å². The number of benzene rings is 1. The summed E-state index contributed by atoms with van der Waals surface area (Å²) < 4.78 is 45.2. The van der Waals surface area contributed by atoms with Crippen molar-refractivity contribution in [2.75, 3.05) is 5.32 Å². The number of carbonyl (C=O) groups excluding carboxylic acids is 1. The number of halogens is 3. The SMILES string of the molecule is O=C(Nc1ccc(Oc2cc(-n3cccc3)ncn2)cc1)c1ccc(C(F)(F)F)nc1. The van der Waals surface area contributed by atoms with E-state index < -0.39 is 17.8 Å². The third-order valence-electron chi connectivity index (χ3n) is 4.15. The van der Waals surface area contributed by atoms with Gasteiger partial charge in [-0.15, -0.1) is 0 Å². The third-order valence-corrected chi connectivity index (χ3v) is 4.15. The van der Waals surface area contributed by atoms with Crippen LogP contribution in [-0.4, -0.2) is 25.4 Å². The number of amides is 1. The molecule has 4 aromatic rings. The maximum Gasteiger partial charge on any atom is 0.433 e. The van der Waals surface area contributed by atoms with Crippen LogP contribution in [0, 0.1) is 0 Å². The van der Waals surface area contributed by atoms with E-state index in [2.05, 4.69) is 20.3 Å². The molecule has 10 heteroatoms. The molecule has 0 aliphatic heterocycles. The number of nitrogens with zero attached hydrogens (tertiary/aromatic N) is 4. The molecule has 0 saturated carbocycles. The van der Waals surface area contributed by atoms with Crippen molar-refractivity contribution >= 4 is 11.6 Å². The van der Waals surface area contributed by atoms with Crippen LogP contribution in [0.15, 0.2) is 79.5 Å². The summed E-state index contributed by atoms with van der Waals surface area (Å²) in [6, 6.07) is 13.7. The molecule has 0 radical (unpaired) electrons. The van der Waals surface area contributed by atoms with Crippen LogP contribution < -0.4 is 10.1 Å². The van der Waals surface area contributed by atoms with Gasteiger partial charge in [0.25, 0.3) is 5.91 Å². The van der Waals surface area contributed by atoms with Crippen molar-refractivity contribution in [3.63, 3.8) is 0 Å². The van der Waals surface area contributed by atoms with E-state index in [0.717, 1.165) is 18.3 Å². The lowest BCUT2D eigenvalue weighted by Crippen LogP contribution is -2.14. The molecule has 4 rings (SSSR count). The molecule has 1 N–H and O–H groups in total. The topological polar surface area (TPSA) is 81.9 Å². The van der Waals surface area contributed by atoms with E-state index in [4.69, 9.17) is 4.74 Å². The Morgan fingerprint density at radius 3 is 2.35 bits per heavy atom. The molecule has 0 aliphatic carbocycles. The Hall–Kier alpha value is -4.21. The van der Waals surface area contributed by atoms with Gasteiger partial charge in [0.15, 0.2) is 0 Å². The molecule has 0 spiro atoms. The summed E-state index contributed by atoms with van der Waals surface area (Å²) in [4.78, 5) is 23.7. The van der Waals surface area contributed by atoms with Crippen molar-refractivity contribution in [2.24, 2.45) is 0 Å². The first-order valence-electron chi connectivity index (χ1n) is 8.96. The molecular formula is C21H14F3N5O2. The zero-order chi connectivity index (χ0) is 21.8. The second-order valence-corrected chi connectivity index (χ2v) is 6.32. The van der Waals surface area contributed by atoms with E-state index in [9.17, 15) is 18.0 Å². The molecule has 3 heterocycles. The van der Waals surface area contributed by atoms with Gasteiger partial charge in [-0.05, 0) is 48.5 Å². The number of alkyl halides is 3. The predicted molar refractivity (Wildman–Crippen MR) is 105 cm³/mol. The molecule has 1 amide bonds. The van der Waals surface area contributed by atoms with E-state index in [-0.39, 0.29) is 5.56 Å². The molecular weight excluding hydrogens is 411 g/mol. The minimum atomic E-state index is -4.56. The van der Waals surface area contributed by atoms with Crippen LogP contribution in [0.5, 0.6) is 11.6 Å². The summed E-state index contributed by atoms with van der Waals surface area (Å²) in [7, 11) is 0. The monoisotopic (exact) mass is 425 g/mol. The van der Waals surface area contributed by atoms with Gasteiger partial charge in [0.2, 0.25) is 5.88 Å². The first-order chi connectivity index (χ1) is 14.9. The van der Waals surface area contributed by atoms with E-state index in [1.54, 1.807) is 30.3 Å². The Kier molecular flexibility index (Phi) is 5.35. The van der Waals surface area contributed by atoms with Gasteiger partial charge in [-0.3, -0.25) is 9.78 Å². The third kappa shape index (κ3) is 4.86. The van der Waals surface area contributed by atoms with Gasteiger partial charge in [-0.25, -0.2) is 9.97 Å². The zero-order valence-corrected chi connectivity index (χ0v) is 15.7. The number of rotatable bonds is 5. The number of aromatic nitrogens is 4. The van der Waals surface area contributed by atoms with Gasteiger partial charge in [0, 0.05) is 30.3 Å². The van der Waals surface area contributed by atoms with Crippen molar-refractivity contribution in [1.82, 2.24) is 19.5 Å². The number of anilines is 1. The van der Waals surface area contributed by atoms with Crippen LogP contribution in [-0.2, 0) is 6.18 Å². The fraction of sp³-hybridized carbons (Fsp3) is 0.0476. The van der Waals surface area contributed by atoms with Crippen molar-refractivity contribution in [3.8, 4) is 17.4 Å². The van der Waals surface area contributed by atoms with Crippen LogP contribution >= 0.6 is 0 Å². The first kappa shape index (κ1) is 20.1. The van der Waals surface area contributed by atoms with Crippen LogP contribution in [0.4, 0.5) is 18.9 Å². The highest BCUT2D eigenvalue weighted by molar-refractivity contribution is 6.04. The molecule has 0 aliphatic rings. The number of hydrogen-bond acceptors (Lipinski definition) is 5. The van der Waals surface area contributed by atoms with Crippen LogP contribution in [0.3, 0.4) is 0 Å². The fourth-order valence-electron chi connectivity index (χ4n) is 2.64. The second-order valence-electron chi connectivity index (χ2n) is 6.32. The second kappa shape index (κ2) is 8.27. The van der Waals surface area contributed by atoms with Gasteiger partial charge in [-0.2, -0.15) is 13.2 Å². The summed E-state index contributed by atoms with van der Waals surface area (Å²) in [5.41, 5.74) is -0.616. The highest BCUT2D eigenvalue weighted by Gasteiger charge is 2.32. The van der Waals surface area contributed by atoms with Gasteiger partial charge in [0.1, 0.15) is 23.6 Å². The van der Waals surface area contributed by atoms with E-state index in [1.165, 1.54) is 6.33 Å². The lowest BCUT2D eigenvalue weighted by molar-refractivity contribution is -0.141. The summed E-state index contributed by atoms with van der Waals surface area (Å²) >= 11 is 0. The Bertz CT molecular complexity index is 1180. The molecule has 0 bridgehead atoms. The Morgan fingerprint density at radius 1 is 0.968 bits per heavy atom. The molecule has 156 valence electrons. The van der Waals surface area contributed by atoms with Gasteiger partial charge in [-0.1, -0.05) is 0 Å². The van der Waals surface area contributed by atoms with Gasteiger partial charge >= 0.3 is 6.18 Å². The minimum Gasteiger partial charge on any atom is -0.439 e. The molecule has 0 fully saturated rings. The lowest BCUT2D eigenvalue weighted by Gasteiger charge is -2.09. The van der Waals surface area contributed by atoms with Crippen molar-refractivity contribution in [3.05, 3.63) is 90.8 Å². The largest absolute Gasteiger partial charge is 0.439 e.